The topological polar surface area (TPSA) is 50.2 Å². The van der Waals surface area contributed by atoms with E-state index >= 15 is 0 Å². The third-order valence-electron chi connectivity index (χ3n) is 4.66. The molecule has 1 aromatic carbocycles. The first kappa shape index (κ1) is 16.7. The predicted molar refractivity (Wildman–Crippen MR) is 96.2 cm³/mol. The lowest BCUT2D eigenvalue weighted by molar-refractivity contribution is -0.118. The number of aromatic nitrogens is 2. The molecule has 5 heteroatoms. The minimum Gasteiger partial charge on any atom is -0.308 e. The third kappa shape index (κ3) is 3.67. The first-order valence-corrected chi connectivity index (χ1v) is 8.67. The molecule has 0 radical (unpaired) electrons. The van der Waals surface area contributed by atoms with Crippen LogP contribution in [0, 0.1) is 0 Å². The van der Waals surface area contributed by atoms with Crippen LogP contribution < -0.4 is 10.2 Å². The summed E-state index contributed by atoms with van der Waals surface area (Å²) in [5.41, 5.74) is 3.56. The van der Waals surface area contributed by atoms with E-state index in [0.29, 0.717) is 5.92 Å². The minimum atomic E-state index is -0.0832. The average Bonchev–Trinajstić information content (AvgIpc) is 3.14. The smallest absolute Gasteiger partial charge is 0.244 e. The van der Waals surface area contributed by atoms with Gasteiger partial charge in [-0.1, -0.05) is 38.1 Å². The molecule has 2 heterocycles. The molecule has 1 aliphatic heterocycles. The number of benzene rings is 1. The Bertz CT molecular complexity index is 690. The molecule has 5 nitrogen and oxygen atoms in total. The molecule has 1 fully saturated rings. The summed E-state index contributed by atoms with van der Waals surface area (Å²) < 4.78 is 1.73. The molecule has 24 heavy (non-hydrogen) atoms. The summed E-state index contributed by atoms with van der Waals surface area (Å²) in [7, 11) is 1.87. The Labute approximate surface area is 143 Å². The van der Waals surface area contributed by atoms with Crippen molar-refractivity contribution in [3.05, 3.63) is 47.8 Å². The van der Waals surface area contributed by atoms with Crippen molar-refractivity contribution in [3.8, 4) is 0 Å². The second-order valence-electron chi connectivity index (χ2n) is 6.80. The second-order valence-corrected chi connectivity index (χ2v) is 6.80. The molecule has 3 rings (SSSR count). The molecular weight excluding hydrogens is 300 g/mol. The maximum Gasteiger partial charge on any atom is 0.244 e. The summed E-state index contributed by atoms with van der Waals surface area (Å²) in [5.74, 6) is 0.713. The fourth-order valence-electron chi connectivity index (χ4n) is 3.13. The van der Waals surface area contributed by atoms with Gasteiger partial charge in [-0.25, -0.2) is 0 Å². The number of rotatable bonds is 6. The third-order valence-corrected chi connectivity index (χ3v) is 4.66. The fourth-order valence-corrected chi connectivity index (χ4v) is 3.13. The molecular formula is C19H26N4O. The van der Waals surface area contributed by atoms with E-state index in [-0.39, 0.29) is 11.9 Å². The highest BCUT2D eigenvalue weighted by Gasteiger charge is 2.32. The van der Waals surface area contributed by atoms with Crippen molar-refractivity contribution in [2.24, 2.45) is 7.05 Å². The number of anilines is 1. The lowest BCUT2D eigenvalue weighted by Crippen LogP contribution is -2.39. The Hall–Kier alpha value is -2.14. The van der Waals surface area contributed by atoms with Gasteiger partial charge < -0.3 is 10.2 Å². The molecule has 0 aliphatic carbocycles. The monoisotopic (exact) mass is 326 g/mol. The van der Waals surface area contributed by atoms with Crippen LogP contribution in [-0.2, 0) is 18.3 Å². The Kier molecular flexibility index (Phi) is 5.00. The molecule has 128 valence electrons. The fraction of sp³-hybridized carbons (Fsp3) is 0.474. The number of carbonyl (C=O) groups is 1. The number of aryl methyl sites for hydroxylation is 1. The SMILES string of the molecule is CC(C)c1ccc(CCNC2CCN(c3cnn(C)c3)C2=O)cc1. The van der Waals surface area contributed by atoms with Crippen molar-refractivity contribution >= 4 is 11.6 Å². The first-order valence-electron chi connectivity index (χ1n) is 8.67. The summed E-state index contributed by atoms with van der Waals surface area (Å²) in [6, 6.07) is 8.70. The quantitative estimate of drug-likeness (QED) is 0.887. The zero-order valence-corrected chi connectivity index (χ0v) is 14.7. The average molecular weight is 326 g/mol. The first-order chi connectivity index (χ1) is 11.5. The van der Waals surface area contributed by atoms with Crippen molar-refractivity contribution in [1.82, 2.24) is 15.1 Å². The van der Waals surface area contributed by atoms with Crippen LogP contribution >= 0.6 is 0 Å². The number of hydrogen-bond donors (Lipinski definition) is 1. The van der Waals surface area contributed by atoms with E-state index in [4.69, 9.17) is 0 Å². The normalized spacial score (nSPS) is 17.9. The van der Waals surface area contributed by atoms with Crippen LogP contribution in [0.25, 0.3) is 0 Å². The highest BCUT2D eigenvalue weighted by atomic mass is 16.2. The summed E-state index contributed by atoms with van der Waals surface area (Å²) in [6.07, 6.45) is 5.42. The number of hydrogen-bond acceptors (Lipinski definition) is 3. The van der Waals surface area contributed by atoms with Crippen LogP contribution in [0.4, 0.5) is 5.69 Å². The van der Waals surface area contributed by atoms with Crippen molar-refractivity contribution in [2.45, 2.75) is 38.6 Å². The Balaban J connectivity index is 1.49. The minimum absolute atomic E-state index is 0.0832. The van der Waals surface area contributed by atoms with E-state index in [1.165, 1.54) is 11.1 Å². The van der Waals surface area contributed by atoms with Crippen LogP contribution in [0.1, 0.15) is 37.3 Å². The van der Waals surface area contributed by atoms with Gasteiger partial charge in [0.1, 0.15) is 0 Å². The number of amides is 1. The largest absolute Gasteiger partial charge is 0.308 e. The maximum atomic E-state index is 12.5. The summed E-state index contributed by atoms with van der Waals surface area (Å²) in [5, 5.41) is 7.55. The molecule has 1 unspecified atom stereocenters. The van der Waals surface area contributed by atoms with Gasteiger partial charge >= 0.3 is 0 Å². The van der Waals surface area contributed by atoms with E-state index in [1.807, 2.05) is 18.1 Å². The van der Waals surface area contributed by atoms with E-state index in [0.717, 1.165) is 31.6 Å². The number of carbonyl (C=O) groups excluding carboxylic acids is 1. The molecule has 1 saturated heterocycles. The van der Waals surface area contributed by atoms with Crippen LogP contribution in [0.5, 0.6) is 0 Å². The lowest BCUT2D eigenvalue weighted by atomic mass is 10.0. The molecule has 2 aromatic rings. The van der Waals surface area contributed by atoms with Gasteiger partial charge in [0.2, 0.25) is 5.91 Å². The number of nitrogens with one attached hydrogen (secondary N) is 1. The zero-order chi connectivity index (χ0) is 17.1. The molecule has 0 bridgehead atoms. The van der Waals surface area contributed by atoms with E-state index < -0.39 is 0 Å². The molecule has 1 N–H and O–H groups in total. The summed E-state index contributed by atoms with van der Waals surface area (Å²) in [4.78, 5) is 14.3. The summed E-state index contributed by atoms with van der Waals surface area (Å²) >= 11 is 0. The molecule has 1 aromatic heterocycles. The van der Waals surface area contributed by atoms with Crippen LogP contribution in [0.3, 0.4) is 0 Å². The van der Waals surface area contributed by atoms with Crippen molar-refractivity contribution < 1.29 is 4.79 Å². The van der Waals surface area contributed by atoms with E-state index in [9.17, 15) is 4.79 Å². The van der Waals surface area contributed by atoms with Gasteiger partial charge in [-0.15, -0.1) is 0 Å². The van der Waals surface area contributed by atoms with Gasteiger partial charge in [0, 0.05) is 19.8 Å². The van der Waals surface area contributed by atoms with Gasteiger partial charge in [-0.05, 0) is 36.4 Å². The van der Waals surface area contributed by atoms with Gasteiger partial charge in [0.15, 0.2) is 0 Å². The van der Waals surface area contributed by atoms with Gasteiger partial charge in [0.25, 0.3) is 0 Å². The molecule has 0 spiro atoms. The Morgan fingerprint density at radius 2 is 2.04 bits per heavy atom. The number of nitrogens with zero attached hydrogens (tertiary/aromatic N) is 3. The van der Waals surface area contributed by atoms with Crippen LogP contribution in [-0.4, -0.2) is 34.8 Å². The maximum absolute atomic E-state index is 12.5. The predicted octanol–water partition coefficient (Wildman–Crippen LogP) is 2.48. The van der Waals surface area contributed by atoms with Crippen molar-refractivity contribution in [2.75, 3.05) is 18.0 Å². The lowest BCUT2D eigenvalue weighted by Gasteiger charge is -2.15. The van der Waals surface area contributed by atoms with Crippen LogP contribution in [0.15, 0.2) is 36.7 Å². The van der Waals surface area contributed by atoms with Gasteiger partial charge in [-0.3, -0.25) is 9.48 Å². The second kappa shape index (κ2) is 7.18. The standard InChI is InChI=1S/C19H26N4O/c1-14(2)16-6-4-15(5-7-16)8-10-20-18-9-11-23(19(18)24)17-12-21-22(3)13-17/h4-7,12-14,18,20H,8-11H2,1-3H3. The van der Waals surface area contributed by atoms with Gasteiger partial charge in [0.05, 0.1) is 17.9 Å². The van der Waals surface area contributed by atoms with Crippen LogP contribution in [0.2, 0.25) is 0 Å². The molecule has 1 amide bonds. The summed E-state index contributed by atoms with van der Waals surface area (Å²) in [6.45, 7) is 5.98. The molecule has 1 atom stereocenters. The highest BCUT2D eigenvalue weighted by molar-refractivity contribution is 5.99. The van der Waals surface area contributed by atoms with E-state index in [2.05, 4.69) is 48.5 Å². The van der Waals surface area contributed by atoms with Gasteiger partial charge in [-0.2, -0.15) is 5.10 Å². The highest BCUT2D eigenvalue weighted by Crippen LogP contribution is 2.20. The molecule has 1 aliphatic rings. The van der Waals surface area contributed by atoms with Crippen molar-refractivity contribution in [1.29, 1.82) is 0 Å². The van der Waals surface area contributed by atoms with Crippen molar-refractivity contribution in [3.63, 3.8) is 0 Å². The Morgan fingerprint density at radius 3 is 2.67 bits per heavy atom. The molecule has 0 saturated carbocycles. The van der Waals surface area contributed by atoms with E-state index in [1.54, 1.807) is 10.9 Å². The Morgan fingerprint density at radius 1 is 1.29 bits per heavy atom. The zero-order valence-electron chi connectivity index (χ0n) is 14.7.